The summed E-state index contributed by atoms with van der Waals surface area (Å²) >= 11 is 0. The van der Waals surface area contributed by atoms with Crippen molar-refractivity contribution in [2.45, 2.75) is 58.4 Å². The normalized spacial score (nSPS) is 21.8. The van der Waals surface area contributed by atoms with Gasteiger partial charge in [-0.15, -0.1) is 0 Å². The summed E-state index contributed by atoms with van der Waals surface area (Å²) in [4.78, 5) is 34.1. The quantitative estimate of drug-likeness (QED) is 0.477. The third-order valence-corrected chi connectivity index (χ3v) is 8.26. The second-order valence-corrected chi connectivity index (χ2v) is 10.7. The fourth-order valence-electron chi connectivity index (χ4n) is 5.83. The van der Waals surface area contributed by atoms with Gasteiger partial charge in [-0.25, -0.2) is 13.9 Å². The van der Waals surface area contributed by atoms with Crippen molar-refractivity contribution in [1.29, 1.82) is 0 Å². The smallest absolute Gasteiger partial charge is 0.316 e. The molecular formula is C29H36FN5O4. The number of nitrogens with zero attached hydrogens (tertiary/aromatic N) is 5. The standard InChI is InChI=1S/C29H36FN5O4/c1-4-20-15-25(27(37)34-12-7-5-6-8-19(34)2)31-26-16-24(32-35(20)26)22-10-9-21(14-23(22)30)33-13-11-29(17-33,18-36)28(38)39-3/h9-10,14-16,19,36H,4-8,11-13,17-18H2,1-3H3/t19-,29?/m1/s1. The van der Waals surface area contributed by atoms with Crippen LogP contribution < -0.4 is 4.90 Å². The third kappa shape index (κ3) is 4.97. The molecule has 1 unspecified atom stereocenters. The van der Waals surface area contributed by atoms with E-state index >= 15 is 4.39 Å². The largest absolute Gasteiger partial charge is 0.468 e. The minimum atomic E-state index is -1.01. The molecule has 1 amide bonds. The van der Waals surface area contributed by atoms with E-state index in [1.807, 2.05) is 16.7 Å². The van der Waals surface area contributed by atoms with Crippen LogP contribution in [0.2, 0.25) is 0 Å². The van der Waals surface area contributed by atoms with E-state index in [2.05, 4.69) is 17.0 Å². The zero-order valence-electron chi connectivity index (χ0n) is 22.8. The molecule has 1 aromatic carbocycles. The Morgan fingerprint density at radius 1 is 1.18 bits per heavy atom. The first kappa shape index (κ1) is 27.1. The van der Waals surface area contributed by atoms with Crippen molar-refractivity contribution in [3.8, 4) is 11.3 Å². The van der Waals surface area contributed by atoms with E-state index in [1.165, 1.54) is 13.2 Å². The molecule has 0 aliphatic carbocycles. The Bertz CT molecular complexity index is 1390. The molecule has 2 fully saturated rings. The predicted molar refractivity (Wildman–Crippen MR) is 145 cm³/mol. The van der Waals surface area contributed by atoms with E-state index < -0.39 is 17.2 Å². The molecule has 39 heavy (non-hydrogen) atoms. The molecule has 208 valence electrons. The summed E-state index contributed by atoms with van der Waals surface area (Å²) in [5.74, 6) is -0.990. The average molecular weight is 538 g/mol. The monoisotopic (exact) mass is 537 g/mol. The van der Waals surface area contributed by atoms with Crippen molar-refractivity contribution < 1.29 is 23.8 Å². The number of aliphatic hydroxyl groups excluding tert-OH is 1. The molecule has 2 atom stereocenters. The number of aryl methyl sites for hydroxylation is 1. The van der Waals surface area contributed by atoms with Crippen molar-refractivity contribution in [1.82, 2.24) is 19.5 Å². The maximum absolute atomic E-state index is 15.4. The van der Waals surface area contributed by atoms with Crippen LogP contribution in [0.1, 0.15) is 62.1 Å². The molecule has 2 aliphatic heterocycles. The Kier molecular flexibility index (Phi) is 7.57. The van der Waals surface area contributed by atoms with Crippen molar-refractivity contribution in [3.05, 3.63) is 47.5 Å². The first-order valence-electron chi connectivity index (χ1n) is 13.7. The highest BCUT2D eigenvalue weighted by atomic mass is 19.1. The minimum Gasteiger partial charge on any atom is -0.468 e. The van der Waals surface area contributed by atoms with Gasteiger partial charge in [-0.05, 0) is 56.9 Å². The summed E-state index contributed by atoms with van der Waals surface area (Å²) in [5, 5.41) is 14.5. The molecule has 2 saturated heterocycles. The van der Waals surface area contributed by atoms with Crippen LogP contribution in [0.5, 0.6) is 0 Å². The summed E-state index contributed by atoms with van der Waals surface area (Å²) in [5.41, 5.74) is 2.08. The van der Waals surface area contributed by atoms with Crippen LogP contribution >= 0.6 is 0 Å². The summed E-state index contributed by atoms with van der Waals surface area (Å²) in [6, 6.07) is 8.56. The number of aliphatic hydroxyl groups is 1. The van der Waals surface area contributed by atoms with Crippen molar-refractivity contribution in [2.24, 2.45) is 5.41 Å². The zero-order chi connectivity index (χ0) is 27.7. The van der Waals surface area contributed by atoms with Gasteiger partial charge in [0.2, 0.25) is 0 Å². The van der Waals surface area contributed by atoms with Crippen molar-refractivity contribution in [3.63, 3.8) is 0 Å². The van der Waals surface area contributed by atoms with Gasteiger partial charge in [0, 0.05) is 48.7 Å². The molecule has 0 saturated carbocycles. The number of likely N-dealkylation sites (tertiary alicyclic amines) is 1. The van der Waals surface area contributed by atoms with Gasteiger partial charge in [0.1, 0.15) is 16.9 Å². The maximum Gasteiger partial charge on any atom is 0.316 e. The summed E-state index contributed by atoms with van der Waals surface area (Å²) in [6.07, 6.45) is 5.30. The van der Waals surface area contributed by atoms with Gasteiger partial charge in [-0.3, -0.25) is 9.59 Å². The Hall–Kier alpha value is -3.53. The Morgan fingerprint density at radius 2 is 2.00 bits per heavy atom. The zero-order valence-corrected chi connectivity index (χ0v) is 22.8. The van der Waals surface area contributed by atoms with Gasteiger partial charge in [0.25, 0.3) is 5.91 Å². The van der Waals surface area contributed by atoms with E-state index in [0.29, 0.717) is 47.7 Å². The molecule has 2 aliphatic rings. The van der Waals surface area contributed by atoms with Crippen LogP contribution in [0, 0.1) is 11.2 Å². The molecular weight excluding hydrogens is 501 g/mol. The number of ether oxygens (including phenoxy) is 1. The maximum atomic E-state index is 15.4. The second kappa shape index (κ2) is 10.9. The molecule has 4 heterocycles. The number of esters is 1. The fraction of sp³-hybridized carbons (Fsp3) is 0.517. The molecule has 3 aromatic rings. The number of carbonyl (C=O) groups excluding carboxylic acids is 2. The van der Waals surface area contributed by atoms with Crippen LogP contribution in [0.15, 0.2) is 30.3 Å². The van der Waals surface area contributed by atoms with E-state index in [0.717, 1.165) is 37.9 Å². The number of amides is 1. The van der Waals surface area contributed by atoms with Crippen molar-refractivity contribution in [2.75, 3.05) is 38.3 Å². The molecule has 9 nitrogen and oxygen atoms in total. The topological polar surface area (TPSA) is 100 Å². The second-order valence-electron chi connectivity index (χ2n) is 10.7. The average Bonchev–Trinajstić information content (AvgIpc) is 3.52. The van der Waals surface area contributed by atoms with Gasteiger partial charge in [0.15, 0.2) is 5.65 Å². The van der Waals surface area contributed by atoms with Crippen LogP contribution in [0.4, 0.5) is 10.1 Å². The predicted octanol–water partition coefficient (Wildman–Crippen LogP) is 3.86. The van der Waals surface area contributed by atoms with Crippen LogP contribution in [-0.2, 0) is 16.0 Å². The lowest BCUT2D eigenvalue weighted by atomic mass is 9.88. The molecule has 2 aromatic heterocycles. The Labute approximate surface area is 227 Å². The summed E-state index contributed by atoms with van der Waals surface area (Å²) in [6.45, 7) is 5.23. The number of hydrogen-bond acceptors (Lipinski definition) is 7. The number of anilines is 1. The molecule has 0 radical (unpaired) electrons. The van der Waals surface area contributed by atoms with E-state index in [1.54, 1.807) is 28.8 Å². The lowest BCUT2D eigenvalue weighted by molar-refractivity contribution is -0.153. The van der Waals surface area contributed by atoms with Gasteiger partial charge in [-0.1, -0.05) is 19.8 Å². The SMILES string of the molecule is CCc1cc(C(=O)N2CCCCC[C@H]2C)nc2cc(-c3ccc(N4CCC(CO)(C(=O)OC)C4)cc3F)nn12. The van der Waals surface area contributed by atoms with Gasteiger partial charge < -0.3 is 19.6 Å². The highest BCUT2D eigenvalue weighted by molar-refractivity contribution is 5.93. The highest BCUT2D eigenvalue weighted by Gasteiger charge is 2.45. The van der Waals surface area contributed by atoms with Gasteiger partial charge in [0.05, 0.1) is 19.4 Å². The van der Waals surface area contributed by atoms with E-state index in [-0.39, 0.29) is 25.1 Å². The molecule has 0 bridgehead atoms. The van der Waals surface area contributed by atoms with Gasteiger partial charge in [-0.2, -0.15) is 5.10 Å². The molecule has 0 spiro atoms. The van der Waals surface area contributed by atoms with Crippen molar-refractivity contribution >= 4 is 23.2 Å². The lowest BCUT2D eigenvalue weighted by Gasteiger charge is -2.27. The summed E-state index contributed by atoms with van der Waals surface area (Å²) < 4.78 is 22.0. The first-order valence-corrected chi connectivity index (χ1v) is 13.7. The van der Waals surface area contributed by atoms with E-state index in [9.17, 15) is 14.7 Å². The van der Waals surface area contributed by atoms with Crippen LogP contribution in [0.25, 0.3) is 16.9 Å². The minimum absolute atomic E-state index is 0.0728. The number of fused-ring (bicyclic) bond motifs is 1. The van der Waals surface area contributed by atoms with E-state index in [4.69, 9.17) is 4.74 Å². The van der Waals surface area contributed by atoms with Gasteiger partial charge >= 0.3 is 5.97 Å². The molecule has 1 N–H and O–H groups in total. The first-order chi connectivity index (χ1) is 18.8. The van der Waals surface area contributed by atoms with Crippen LogP contribution in [-0.4, -0.2) is 75.9 Å². The highest BCUT2D eigenvalue weighted by Crippen LogP contribution is 2.36. The Balaban J connectivity index is 1.43. The number of aromatic nitrogens is 3. The number of methoxy groups -OCH3 is 1. The van der Waals surface area contributed by atoms with Crippen LogP contribution in [0.3, 0.4) is 0 Å². The summed E-state index contributed by atoms with van der Waals surface area (Å²) in [7, 11) is 1.30. The Morgan fingerprint density at radius 3 is 2.72 bits per heavy atom. The number of rotatable bonds is 6. The number of hydrogen-bond donors (Lipinski definition) is 1. The molecule has 5 rings (SSSR count). The fourth-order valence-corrected chi connectivity index (χ4v) is 5.83. The number of halogens is 1. The number of benzene rings is 1. The third-order valence-electron chi connectivity index (χ3n) is 8.26. The molecule has 10 heteroatoms. The number of carbonyl (C=O) groups is 2. The lowest BCUT2D eigenvalue weighted by Crippen LogP contribution is -2.39.